The third kappa shape index (κ3) is 2.75. The van der Waals surface area contributed by atoms with Crippen LogP contribution in [0, 0.1) is 5.92 Å². The van der Waals surface area contributed by atoms with Crippen molar-refractivity contribution in [3.8, 4) is 11.5 Å². The molecule has 1 fully saturated rings. The Morgan fingerprint density at radius 3 is 2.50 bits per heavy atom. The van der Waals surface area contributed by atoms with Crippen molar-refractivity contribution in [2.45, 2.75) is 25.8 Å². The van der Waals surface area contributed by atoms with Crippen LogP contribution in [0.5, 0.6) is 11.5 Å². The van der Waals surface area contributed by atoms with Crippen LogP contribution in [0.15, 0.2) is 18.2 Å². The number of carbonyl (C=O) groups is 1. The summed E-state index contributed by atoms with van der Waals surface area (Å²) in [6.07, 6.45) is 2.04. The molecule has 0 heterocycles. The molecule has 1 aliphatic carbocycles. The van der Waals surface area contributed by atoms with Gasteiger partial charge in [-0.05, 0) is 37.5 Å². The Hall–Kier alpha value is -1.71. The van der Waals surface area contributed by atoms with Crippen molar-refractivity contribution in [3.63, 3.8) is 0 Å². The van der Waals surface area contributed by atoms with Crippen molar-refractivity contribution in [2.24, 2.45) is 5.92 Å². The van der Waals surface area contributed by atoms with Crippen LogP contribution in [0.25, 0.3) is 0 Å². The average Bonchev–Trinajstić information content (AvgIpc) is 3.22. The Bertz CT molecular complexity index is 441. The van der Waals surface area contributed by atoms with Gasteiger partial charge in [0, 0.05) is 5.92 Å². The first-order valence-corrected chi connectivity index (χ1v) is 6.18. The van der Waals surface area contributed by atoms with Crippen LogP contribution in [0.4, 0.5) is 0 Å². The van der Waals surface area contributed by atoms with Crippen LogP contribution < -0.4 is 14.8 Å². The van der Waals surface area contributed by atoms with Gasteiger partial charge in [-0.15, -0.1) is 0 Å². The molecule has 0 radical (unpaired) electrons. The van der Waals surface area contributed by atoms with E-state index in [1.54, 1.807) is 14.2 Å². The van der Waals surface area contributed by atoms with E-state index in [0.717, 1.165) is 18.4 Å². The summed E-state index contributed by atoms with van der Waals surface area (Å²) in [5, 5.41) is 3.01. The van der Waals surface area contributed by atoms with E-state index < -0.39 is 0 Å². The lowest BCUT2D eigenvalue weighted by molar-refractivity contribution is -0.122. The molecule has 1 unspecified atom stereocenters. The largest absolute Gasteiger partial charge is 0.493 e. The van der Waals surface area contributed by atoms with Crippen molar-refractivity contribution < 1.29 is 14.3 Å². The van der Waals surface area contributed by atoms with Gasteiger partial charge in [0.25, 0.3) is 0 Å². The molecule has 0 aromatic heterocycles. The van der Waals surface area contributed by atoms with E-state index in [2.05, 4.69) is 5.32 Å². The standard InChI is InChI=1S/C14H19NO3/c1-9(15-14(16)10-4-5-10)11-6-7-12(17-2)13(8-11)18-3/h6-10H,4-5H2,1-3H3,(H,15,16). The molecule has 1 aromatic rings. The van der Waals surface area contributed by atoms with Crippen LogP contribution in [-0.4, -0.2) is 20.1 Å². The monoisotopic (exact) mass is 249 g/mol. The van der Waals surface area contributed by atoms with Crippen LogP contribution >= 0.6 is 0 Å². The molecule has 1 saturated carbocycles. The number of ether oxygens (including phenoxy) is 2. The first-order chi connectivity index (χ1) is 8.65. The number of hydrogen-bond donors (Lipinski definition) is 1. The first kappa shape index (κ1) is 12.7. The highest BCUT2D eigenvalue weighted by Gasteiger charge is 2.30. The van der Waals surface area contributed by atoms with Gasteiger partial charge in [0.2, 0.25) is 5.91 Å². The summed E-state index contributed by atoms with van der Waals surface area (Å²) in [5.41, 5.74) is 1.02. The number of amides is 1. The molecule has 0 saturated heterocycles. The van der Waals surface area contributed by atoms with E-state index in [0.29, 0.717) is 11.5 Å². The smallest absolute Gasteiger partial charge is 0.223 e. The van der Waals surface area contributed by atoms with E-state index in [9.17, 15) is 4.79 Å². The third-order valence-electron chi connectivity index (χ3n) is 3.21. The summed E-state index contributed by atoms with van der Waals surface area (Å²) in [5.74, 6) is 1.76. The average molecular weight is 249 g/mol. The summed E-state index contributed by atoms with van der Waals surface area (Å²) in [7, 11) is 3.21. The molecule has 1 atom stereocenters. The zero-order valence-corrected chi connectivity index (χ0v) is 11.0. The topological polar surface area (TPSA) is 47.6 Å². The quantitative estimate of drug-likeness (QED) is 0.871. The van der Waals surface area contributed by atoms with Gasteiger partial charge in [0.15, 0.2) is 11.5 Å². The second-order valence-electron chi connectivity index (χ2n) is 4.62. The van der Waals surface area contributed by atoms with Gasteiger partial charge in [0.1, 0.15) is 0 Å². The van der Waals surface area contributed by atoms with Gasteiger partial charge in [-0.3, -0.25) is 4.79 Å². The fraction of sp³-hybridized carbons (Fsp3) is 0.500. The number of rotatable bonds is 5. The minimum atomic E-state index is -0.0158. The summed E-state index contributed by atoms with van der Waals surface area (Å²) >= 11 is 0. The zero-order chi connectivity index (χ0) is 13.1. The molecule has 2 rings (SSSR count). The van der Waals surface area contributed by atoms with Gasteiger partial charge < -0.3 is 14.8 Å². The van der Waals surface area contributed by atoms with E-state index in [-0.39, 0.29) is 17.9 Å². The highest BCUT2D eigenvalue weighted by molar-refractivity contribution is 5.81. The first-order valence-electron chi connectivity index (χ1n) is 6.18. The molecule has 4 heteroatoms. The fourth-order valence-corrected chi connectivity index (χ4v) is 1.88. The summed E-state index contributed by atoms with van der Waals surface area (Å²) in [6.45, 7) is 1.97. The van der Waals surface area contributed by atoms with Crippen molar-refractivity contribution in [1.82, 2.24) is 5.32 Å². The Labute approximate surface area is 107 Å². The van der Waals surface area contributed by atoms with Gasteiger partial charge in [-0.25, -0.2) is 0 Å². The number of carbonyl (C=O) groups excluding carboxylic acids is 1. The maximum Gasteiger partial charge on any atom is 0.223 e. The summed E-state index contributed by atoms with van der Waals surface area (Å²) in [6, 6.07) is 5.68. The molecule has 0 bridgehead atoms. The predicted octanol–water partition coefficient (Wildman–Crippen LogP) is 2.29. The number of benzene rings is 1. The van der Waals surface area contributed by atoms with E-state index in [1.165, 1.54) is 0 Å². The second-order valence-corrected chi connectivity index (χ2v) is 4.62. The van der Waals surface area contributed by atoms with Crippen LogP contribution in [0.1, 0.15) is 31.4 Å². The fourth-order valence-electron chi connectivity index (χ4n) is 1.88. The minimum absolute atomic E-state index is 0.0158. The zero-order valence-electron chi connectivity index (χ0n) is 11.0. The molecule has 1 aromatic carbocycles. The molecule has 4 nitrogen and oxygen atoms in total. The van der Waals surface area contributed by atoms with Crippen LogP contribution in [-0.2, 0) is 4.79 Å². The molecule has 0 spiro atoms. The molecule has 0 aliphatic heterocycles. The van der Waals surface area contributed by atoms with E-state index >= 15 is 0 Å². The molecular formula is C14H19NO3. The predicted molar refractivity (Wildman–Crippen MR) is 68.8 cm³/mol. The lowest BCUT2D eigenvalue weighted by Gasteiger charge is -2.16. The highest BCUT2D eigenvalue weighted by Crippen LogP contribution is 2.32. The summed E-state index contributed by atoms with van der Waals surface area (Å²) < 4.78 is 10.4. The lowest BCUT2D eigenvalue weighted by Crippen LogP contribution is -2.27. The van der Waals surface area contributed by atoms with Gasteiger partial charge in [0.05, 0.1) is 20.3 Å². The molecule has 1 N–H and O–H groups in total. The maximum atomic E-state index is 11.7. The molecule has 1 amide bonds. The van der Waals surface area contributed by atoms with Gasteiger partial charge in [-0.1, -0.05) is 6.07 Å². The lowest BCUT2D eigenvalue weighted by atomic mass is 10.1. The Morgan fingerprint density at radius 1 is 1.28 bits per heavy atom. The van der Waals surface area contributed by atoms with E-state index in [4.69, 9.17) is 9.47 Å². The number of methoxy groups -OCH3 is 2. The Kier molecular flexibility index (Phi) is 3.75. The molecular weight excluding hydrogens is 230 g/mol. The maximum absolute atomic E-state index is 11.7. The normalized spacial score (nSPS) is 15.9. The van der Waals surface area contributed by atoms with Gasteiger partial charge in [-0.2, -0.15) is 0 Å². The van der Waals surface area contributed by atoms with Crippen molar-refractivity contribution >= 4 is 5.91 Å². The van der Waals surface area contributed by atoms with Crippen molar-refractivity contribution in [3.05, 3.63) is 23.8 Å². The Morgan fingerprint density at radius 2 is 1.94 bits per heavy atom. The minimum Gasteiger partial charge on any atom is -0.493 e. The van der Waals surface area contributed by atoms with Crippen molar-refractivity contribution in [1.29, 1.82) is 0 Å². The molecule has 1 aliphatic rings. The Balaban J connectivity index is 2.09. The third-order valence-corrected chi connectivity index (χ3v) is 3.21. The number of nitrogens with one attached hydrogen (secondary N) is 1. The second kappa shape index (κ2) is 5.29. The SMILES string of the molecule is COc1ccc(C(C)NC(=O)C2CC2)cc1OC. The van der Waals surface area contributed by atoms with Crippen LogP contribution in [0.2, 0.25) is 0 Å². The van der Waals surface area contributed by atoms with Crippen molar-refractivity contribution in [2.75, 3.05) is 14.2 Å². The van der Waals surface area contributed by atoms with E-state index in [1.807, 2.05) is 25.1 Å². The van der Waals surface area contributed by atoms with Crippen LogP contribution in [0.3, 0.4) is 0 Å². The summed E-state index contributed by atoms with van der Waals surface area (Å²) in [4.78, 5) is 11.7. The molecule has 18 heavy (non-hydrogen) atoms. The number of hydrogen-bond acceptors (Lipinski definition) is 3. The van der Waals surface area contributed by atoms with Gasteiger partial charge >= 0.3 is 0 Å². The molecule has 98 valence electrons. The highest BCUT2D eigenvalue weighted by atomic mass is 16.5.